The molecule has 1 aliphatic rings. The van der Waals surface area contributed by atoms with Crippen LogP contribution in [0.25, 0.3) is 27.8 Å². The van der Waals surface area contributed by atoms with Crippen molar-refractivity contribution in [2.24, 2.45) is 5.92 Å². The molecule has 1 fully saturated rings. The minimum atomic E-state index is 0.690. The molecule has 0 spiro atoms. The number of aromatic nitrogens is 4. The number of rotatable bonds is 2. The van der Waals surface area contributed by atoms with E-state index in [0.29, 0.717) is 5.92 Å². The van der Waals surface area contributed by atoms with E-state index in [1.165, 1.54) is 18.4 Å². The van der Waals surface area contributed by atoms with E-state index in [1.807, 2.05) is 4.52 Å². The Hall–Kier alpha value is -2.95. The van der Waals surface area contributed by atoms with E-state index in [-0.39, 0.29) is 0 Å². The van der Waals surface area contributed by atoms with Crippen LogP contribution < -0.4 is 4.90 Å². The lowest BCUT2D eigenvalue weighted by Gasteiger charge is -2.32. The first-order chi connectivity index (χ1) is 13.2. The highest BCUT2D eigenvalue weighted by Gasteiger charge is 2.22. The maximum absolute atomic E-state index is 5.08. The number of piperidine rings is 1. The maximum atomic E-state index is 5.08. The summed E-state index contributed by atoms with van der Waals surface area (Å²) in [4.78, 5) is 7.52. The molecule has 1 atom stereocenters. The van der Waals surface area contributed by atoms with Gasteiger partial charge in [-0.05, 0) is 37.8 Å². The number of aryl methyl sites for hydroxylation is 1. The number of benzene rings is 2. The zero-order chi connectivity index (χ0) is 18.4. The molecule has 5 rings (SSSR count). The van der Waals surface area contributed by atoms with Crippen LogP contribution in [0.2, 0.25) is 0 Å². The Morgan fingerprint density at radius 3 is 2.67 bits per heavy atom. The van der Waals surface area contributed by atoms with Gasteiger partial charge in [0, 0.05) is 24.0 Å². The quantitative estimate of drug-likeness (QED) is 0.530. The Labute approximate surface area is 158 Å². The van der Waals surface area contributed by atoms with Gasteiger partial charge in [-0.2, -0.15) is 4.52 Å². The first-order valence-corrected chi connectivity index (χ1v) is 9.67. The van der Waals surface area contributed by atoms with Crippen LogP contribution in [0.3, 0.4) is 0 Å². The van der Waals surface area contributed by atoms with Gasteiger partial charge in [-0.15, -0.1) is 5.10 Å². The van der Waals surface area contributed by atoms with Gasteiger partial charge in [-0.1, -0.05) is 54.1 Å². The van der Waals surface area contributed by atoms with Crippen molar-refractivity contribution in [1.82, 2.24) is 19.8 Å². The van der Waals surface area contributed by atoms with Crippen molar-refractivity contribution in [2.45, 2.75) is 26.7 Å². The second-order valence-corrected chi connectivity index (χ2v) is 7.69. The topological polar surface area (TPSA) is 46.3 Å². The Morgan fingerprint density at radius 2 is 1.85 bits per heavy atom. The monoisotopic (exact) mass is 357 g/mol. The summed E-state index contributed by atoms with van der Waals surface area (Å²) in [5.74, 6) is 1.75. The van der Waals surface area contributed by atoms with Crippen LogP contribution in [-0.4, -0.2) is 32.9 Å². The van der Waals surface area contributed by atoms with Crippen LogP contribution >= 0.6 is 0 Å². The lowest BCUT2D eigenvalue weighted by atomic mass is 10.00. The van der Waals surface area contributed by atoms with Gasteiger partial charge in [-0.3, -0.25) is 0 Å². The fourth-order valence-electron chi connectivity index (χ4n) is 4.07. The van der Waals surface area contributed by atoms with Gasteiger partial charge in [0.2, 0.25) is 0 Å². The molecule has 0 aliphatic carbocycles. The van der Waals surface area contributed by atoms with E-state index in [4.69, 9.17) is 4.98 Å². The molecule has 1 saturated heterocycles. The van der Waals surface area contributed by atoms with Gasteiger partial charge in [-0.25, -0.2) is 4.98 Å². The molecule has 5 nitrogen and oxygen atoms in total. The summed E-state index contributed by atoms with van der Waals surface area (Å²) >= 11 is 0. The lowest BCUT2D eigenvalue weighted by Crippen LogP contribution is -2.35. The van der Waals surface area contributed by atoms with Crippen molar-refractivity contribution in [3.8, 4) is 11.3 Å². The molecule has 2 aromatic heterocycles. The van der Waals surface area contributed by atoms with Gasteiger partial charge in [0.25, 0.3) is 0 Å². The average molecular weight is 357 g/mol. The standard InChI is InChI=1S/C22H23N5/c1-15-9-11-17(12-10-15)20-22-23-21(26-13-5-6-16(2)14-26)18-7-3-4-8-19(18)27(22)25-24-20/h3-4,7-12,16H,5-6,13-14H2,1-2H3. The Kier molecular flexibility index (Phi) is 3.81. The van der Waals surface area contributed by atoms with Crippen molar-refractivity contribution in [3.05, 3.63) is 54.1 Å². The molecule has 3 heterocycles. The number of hydrogen-bond acceptors (Lipinski definition) is 4. The van der Waals surface area contributed by atoms with E-state index >= 15 is 0 Å². The first-order valence-electron chi connectivity index (χ1n) is 9.67. The van der Waals surface area contributed by atoms with Crippen LogP contribution in [-0.2, 0) is 0 Å². The van der Waals surface area contributed by atoms with Crippen molar-refractivity contribution < 1.29 is 0 Å². The molecule has 0 amide bonds. The van der Waals surface area contributed by atoms with E-state index in [0.717, 1.165) is 46.7 Å². The van der Waals surface area contributed by atoms with Gasteiger partial charge >= 0.3 is 0 Å². The highest BCUT2D eigenvalue weighted by molar-refractivity contribution is 5.93. The number of nitrogens with zero attached hydrogens (tertiary/aromatic N) is 5. The molecule has 136 valence electrons. The van der Waals surface area contributed by atoms with Gasteiger partial charge < -0.3 is 4.90 Å². The Balaban J connectivity index is 1.75. The van der Waals surface area contributed by atoms with Crippen LogP contribution in [0.1, 0.15) is 25.3 Å². The minimum Gasteiger partial charge on any atom is -0.356 e. The number of fused-ring (bicyclic) bond motifs is 3. The van der Waals surface area contributed by atoms with E-state index in [1.54, 1.807) is 0 Å². The summed E-state index contributed by atoms with van der Waals surface area (Å²) in [6, 6.07) is 16.8. The number of hydrogen-bond donors (Lipinski definition) is 0. The predicted molar refractivity (Wildman–Crippen MR) is 109 cm³/mol. The summed E-state index contributed by atoms with van der Waals surface area (Å²) in [5.41, 5.74) is 5.01. The van der Waals surface area contributed by atoms with Crippen molar-refractivity contribution in [2.75, 3.05) is 18.0 Å². The molecule has 1 unspecified atom stereocenters. The van der Waals surface area contributed by atoms with Gasteiger partial charge in [0.1, 0.15) is 11.5 Å². The number of anilines is 1. The zero-order valence-electron chi connectivity index (χ0n) is 15.8. The summed E-state index contributed by atoms with van der Waals surface area (Å²) < 4.78 is 1.88. The smallest absolute Gasteiger partial charge is 0.186 e. The van der Waals surface area contributed by atoms with Gasteiger partial charge in [0.15, 0.2) is 5.65 Å². The van der Waals surface area contributed by atoms with Crippen LogP contribution in [0.15, 0.2) is 48.5 Å². The summed E-state index contributed by atoms with van der Waals surface area (Å²) in [5, 5.41) is 10.0. The first kappa shape index (κ1) is 16.2. The van der Waals surface area contributed by atoms with Gasteiger partial charge in [0.05, 0.1) is 5.52 Å². The molecule has 4 aromatic rings. The normalized spacial score (nSPS) is 17.7. The predicted octanol–water partition coefficient (Wildman–Crippen LogP) is 4.49. The maximum Gasteiger partial charge on any atom is 0.186 e. The van der Waals surface area contributed by atoms with Crippen molar-refractivity contribution in [1.29, 1.82) is 0 Å². The van der Waals surface area contributed by atoms with E-state index < -0.39 is 0 Å². The van der Waals surface area contributed by atoms with Crippen LogP contribution in [0.4, 0.5) is 5.82 Å². The van der Waals surface area contributed by atoms with E-state index in [9.17, 15) is 0 Å². The van der Waals surface area contributed by atoms with Crippen molar-refractivity contribution >= 4 is 22.4 Å². The highest BCUT2D eigenvalue weighted by Crippen LogP contribution is 2.32. The zero-order valence-corrected chi connectivity index (χ0v) is 15.8. The molecular formula is C22H23N5. The minimum absolute atomic E-state index is 0.690. The van der Waals surface area contributed by atoms with E-state index in [2.05, 4.69) is 77.6 Å². The summed E-state index contributed by atoms with van der Waals surface area (Å²) in [6.07, 6.45) is 2.50. The highest BCUT2D eigenvalue weighted by atomic mass is 15.4. The lowest BCUT2D eigenvalue weighted by molar-refractivity contribution is 0.445. The molecule has 1 aliphatic heterocycles. The molecule has 27 heavy (non-hydrogen) atoms. The third kappa shape index (κ3) is 2.74. The second kappa shape index (κ2) is 6.34. The SMILES string of the molecule is Cc1ccc(-c2nnn3c2nc(N2CCCC(C)C2)c2ccccc23)cc1. The fourth-order valence-corrected chi connectivity index (χ4v) is 4.07. The molecule has 0 saturated carbocycles. The molecule has 0 N–H and O–H groups in total. The molecule has 2 aromatic carbocycles. The molecule has 0 radical (unpaired) electrons. The van der Waals surface area contributed by atoms with Crippen LogP contribution in [0.5, 0.6) is 0 Å². The molecular weight excluding hydrogens is 334 g/mol. The third-order valence-corrected chi connectivity index (χ3v) is 5.51. The summed E-state index contributed by atoms with van der Waals surface area (Å²) in [7, 11) is 0. The third-order valence-electron chi connectivity index (χ3n) is 5.51. The largest absolute Gasteiger partial charge is 0.356 e. The molecule has 5 heteroatoms. The van der Waals surface area contributed by atoms with Crippen LogP contribution in [0, 0.1) is 12.8 Å². The number of para-hydroxylation sites is 1. The summed E-state index contributed by atoms with van der Waals surface area (Å²) in [6.45, 7) is 6.52. The molecule has 0 bridgehead atoms. The fraction of sp³-hybridized carbons (Fsp3) is 0.318. The van der Waals surface area contributed by atoms with Crippen molar-refractivity contribution in [3.63, 3.8) is 0 Å². The average Bonchev–Trinajstić information content (AvgIpc) is 3.12. The Bertz CT molecular complexity index is 1110. The second-order valence-electron chi connectivity index (χ2n) is 7.69. The Morgan fingerprint density at radius 1 is 1.04 bits per heavy atom.